The number of nitrogens with zero attached hydrogens (tertiary/aromatic N) is 2. The Bertz CT molecular complexity index is 1570. The number of aryl methyl sites for hydroxylation is 1. The van der Waals surface area contributed by atoms with Gasteiger partial charge in [-0.15, -0.1) is 0 Å². The Hall–Kier alpha value is -3.75. The van der Waals surface area contributed by atoms with Crippen molar-refractivity contribution < 1.29 is 23.1 Å². The molecule has 0 spiro atoms. The topological polar surface area (TPSA) is 61.9 Å². The number of carbonyl (C=O) groups is 2. The van der Waals surface area contributed by atoms with Crippen molar-refractivity contribution in [2.24, 2.45) is 0 Å². The molecular weight excluding hydrogens is 584 g/mol. The molecule has 2 bridgehead atoms. The number of benzene rings is 3. The normalized spacial score (nSPS) is 19.6. The Morgan fingerprint density at radius 1 is 1.05 bits per heavy atom. The molecule has 0 unspecified atom stereocenters. The lowest BCUT2D eigenvalue weighted by molar-refractivity contribution is -0.132. The van der Waals surface area contributed by atoms with Gasteiger partial charge in [0.15, 0.2) is 11.6 Å². The summed E-state index contributed by atoms with van der Waals surface area (Å²) in [6.07, 6.45) is 3.90. The van der Waals surface area contributed by atoms with Crippen LogP contribution in [-0.2, 0) is 22.6 Å². The second-order valence-electron chi connectivity index (χ2n) is 11.9. The van der Waals surface area contributed by atoms with Crippen molar-refractivity contribution in [3.05, 3.63) is 106 Å². The van der Waals surface area contributed by atoms with E-state index in [4.69, 9.17) is 16.3 Å². The van der Waals surface area contributed by atoms with Crippen molar-refractivity contribution in [1.82, 2.24) is 15.1 Å². The molecule has 1 N–H and O–H groups in total. The second kappa shape index (κ2) is 13.1. The lowest BCUT2D eigenvalue weighted by atomic mass is 9.82. The predicted molar refractivity (Wildman–Crippen MR) is 166 cm³/mol. The molecule has 1 saturated carbocycles. The minimum atomic E-state index is -0.584. The van der Waals surface area contributed by atoms with Crippen molar-refractivity contribution in [2.75, 3.05) is 19.7 Å². The number of nitrogens with one attached hydrogen (secondary N) is 1. The molecule has 0 aromatic heterocycles. The van der Waals surface area contributed by atoms with Gasteiger partial charge >= 0.3 is 0 Å². The number of amides is 2. The molecule has 1 saturated heterocycles. The highest BCUT2D eigenvalue weighted by atomic mass is 35.5. The maximum absolute atomic E-state index is 14.5. The van der Waals surface area contributed by atoms with Gasteiger partial charge in [0.05, 0.1) is 12.6 Å². The Balaban J connectivity index is 1.23. The monoisotopic (exact) mass is 619 g/mol. The molecule has 3 aromatic rings. The van der Waals surface area contributed by atoms with E-state index in [9.17, 15) is 18.4 Å². The van der Waals surface area contributed by atoms with E-state index in [1.54, 1.807) is 6.92 Å². The summed E-state index contributed by atoms with van der Waals surface area (Å²) < 4.78 is 32.7. The molecule has 6 rings (SSSR count). The zero-order valence-electron chi connectivity index (χ0n) is 24.7. The maximum Gasteiger partial charge on any atom is 0.252 e. The zero-order chi connectivity index (χ0) is 30.8. The van der Waals surface area contributed by atoms with Crippen LogP contribution in [0.5, 0.6) is 5.75 Å². The molecular formula is C35H36ClF2N3O3. The van der Waals surface area contributed by atoms with Crippen LogP contribution in [0, 0.1) is 11.6 Å². The van der Waals surface area contributed by atoms with E-state index in [1.165, 1.54) is 0 Å². The van der Waals surface area contributed by atoms with Gasteiger partial charge in [0.25, 0.3) is 5.91 Å². The molecule has 2 aliphatic heterocycles. The van der Waals surface area contributed by atoms with Gasteiger partial charge < -0.3 is 19.9 Å². The number of halogens is 3. The summed E-state index contributed by atoms with van der Waals surface area (Å²) >= 11 is 6.51. The summed E-state index contributed by atoms with van der Waals surface area (Å²) in [7, 11) is 0. The van der Waals surface area contributed by atoms with Gasteiger partial charge in [0.2, 0.25) is 5.91 Å². The van der Waals surface area contributed by atoms with Gasteiger partial charge in [-0.2, -0.15) is 0 Å². The number of carbonyl (C=O) groups excluding carboxylic acids is 2. The van der Waals surface area contributed by atoms with Crippen LogP contribution in [0.15, 0.2) is 72.3 Å². The van der Waals surface area contributed by atoms with Crippen LogP contribution in [0.1, 0.15) is 49.3 Å². The first-order valence-corrected chi connectivity index (χ1v) is 15.6. The van der Waals surface area contributed by atoms with Gasteiger partial charge in [0.1, 0.15) is 5.82 Å². The second-order valence-corrected chi connectivity index (χ2v) is 12.3. The quantitative estimate of drug-likeness (QED) is 0.276. The minimum absolute atomic E-state index is 0.00502. The molecule has 2 amide bonds. The van der Waals surface area contributed by atoms with E-state index >= 15 is 0 Å². The zero-order valence-corrected chi connectivity index (χ0v) is 25.5. The average Bonchev–Trinajstić information content (AvgIpc) is 3.85. The van der Waals surface area contributed by atoms with E-state index in [1.807, 2.05) is 34.1 Å². The number of rotatable bonds is 10. The number of hydrogen-bond donors (Lipinski definition) is 1. The standard InChI is InChI=1S/C35H36ClF2N3O3/c1-22(42)40-20-27-18-29(24-10-8-23(9-11-24)5-4-16-44-33-17-26(37)12-15-31(33)38)34(32(21-40)39-27)35(43)41(28-13-14-28)19-25-6-2-3-7-30(25)36/h2-3,6-12,15,17,27-28,32,39H,4-5,13-14,16,18-21H2,1H3/t27-,32-/m1/s1. The van der Waals surface area contributed by atoms with Gasteiger partial charge in [-0.25, -0.2) is 8.78 Å². The van der Waals surface area contributed by atoms with E-state index in [0.717, 1.165) is 58.9 Å². The van der Waals surface area contributed by atoms with E-state index < -0.39 is 11.6 Å². The number of piperazine rings is 1. The number of hydrogen-bond acceptors (Lipinski definition) is 4. The number of fused-ring (bicyclic) bond motifs is 2. The van der Waals surface area contributed by atoms with Gasteiger partial charge in [0, 0.05) is 55.3 Å². The average molecular weight is 620 g/mol. The molecule has 2 heterocycles. The number of ether oxygens (including phenoxy) is 1. The highest BCUT2D eigenvalue weighted by Gasteiger charge is 2.43. The van der Waals surface area contributed by atoms with Crippen LogP contribution >= 0.6 is 11.6 Å². The van der Waals surface area contributed by atoms with Gasteiger partial charge in [-0.05, 0) is 72.6 Å². The van der Waals surface area contributed by atoms with Crippen LogP contribution in [0.2, 0.25) is 5.02 Å². The fourth-order valence-electron chi connectivity index (χ4n) is 6.26. The van der Waals surface area contributed by atoms with Crippen LogP contribution in [0.4, 0.5) is 8.78 Å². The Morgan fingerprint density at radius 3 is 2.55 bits per heavy atom. The van der Waals surface area contributed by atoms with E-state index in [2.05, 4.69) is 29.6 Å². The largest absolute Gasteiger partial charge is 0.490 e. The molecule has 9 heteroatoms. The lowest BCUT2D eigenvalue weighted by Crippen LogP contribution is -2.61. The summed E-state index contributed by atoms with van der Waals surface area (Å²) in [6, 6.07) is 19.0. The molecule has 1 aliphatic carbocycles. The predicted octanol–water partition coefficient (Wildman–Crippen LogP) is 6.17. The molecule has 230 valence electrons. The molecule has 44 heavy (non-hydrogen) atoms. The first-order chi connectivity index (χ1) is 21.3. The summed E-state index contributed by atoms with van der Waals surface area (Å²) in [6.45, 7) is 3.33. The molecule has 2 fully saturated rings. The smallest absolute Gasteiger partial charge is 0.252 e. The van der Waals surface area contributed by atoms with Crippen molar-refractivity contribution >= 4 is 29.0 Å². The molecule has 2 atom stereocenters. The first-order valence-electron chi connectivity index (χ1n) is 15.2. The van der Waals surface area contributed by atoms with E-state index in [-0.39, 0.29) is 42.3 Å². The Labute approximate surface area is 261 Å². The van der Waals surface area contributed by atoms with Crippen LogP contribution in [0.3, 0.4) is 0 Å². The highest BCUT2D eigenvalue weighted by Crippen LogP contribution is 2.38. The summed E-state index contributed by atoms with van der Waals surface area (Å²) in [5, 5.41) is 4.28. The third-order valence-electron chi connectivity index (χ3n) is 8.69. The Kier molecular flexibility index (Phi) is 9.01. The van der Waals surface area contributed by atoms with Crippen molar-refractivity contribution in [1.29, 1.82) is 0 Å². The molecule has 0 radical (unpaired) electrons. The maximum atomic E-state index is 14.5. The highest BCUT2D eigenvalue weighted by molar-refractivity contribution is 6.31. The third kappa shape index (κ3) is 6.81. The first kappa shape index (κ1) is 30.3. The SMILES string of the molecule is CC(=O)N1C[C@H]2CC(c3ccc(CCCOc4cc(F)ccc4F)cc3)=C(C(=O)N(Cc3ccccc3Cl)C3CC3)[C@@H](C1)N2. The summed E-state index contributed by atoms with van der Waals surface area (Å²) in [4.78, 5) is 30.6. The van der Waals surface area contributed by atoms with Gasteiger partial charge in [-0.3, -0.25) is 9.59 Å². The molecule has 3 aliphatic rings. The van der Waals surface area contributed by atoms with Crippen LogP contribution < -0.4 is 10.1 Å². The molecule has 3 aromatic carbocycles. The van der Waals surface area contributed by atoms with Crippen LogP contribution in [0.25, 0.3) is 5.57 Å². The fourth-order valence-corrected chi connectivity index (χ4v) is 6.46. The van der Waals surface area contributed by atoms with Crippen molar-refractivity contribution in [3.8, 4) is 5.75 Å². The van der Waals surface area contributed by atoms with Gasteiger partial charge in [-0.1, -0.05) is 54.1 Å². The van der Waals surface area contributed by atoms with E-state index in [0.29, 0.717) is 43.9 Å². The fraction of sp³-hybridized carbons (Fsp3) is 0.371. The molecule has 6 nitrogen and oxygen atoms in total. The Morgan fingerprint density at radius 2 is 1.82 bits per heavy atom. The minimum Gasteiger partial charge on any atom is -0.490 e. The third-order valence-corrected chi connectivity index (χ3v) is 9.06. The lowest BCUT2D eigenvalue weighted by Gasteiger charge is -2.44. The van der Waals surface area contributed by atoms with Crippen molar-refractivity contribution in [3.63, 3.8) is 0 Å². The summed E-state index contributed by atoms with van der Waals surface area (Å²) in [5.41, 5.74) is 4.75. The summed E-state index contributed by atoms with van der Waals surface area (Å²) in [5.74, 6) is -1.20. The van der Waals surface area contributed by atoms with Crippen molar-refractivity contribution in [2.45, 2.75) is 63.7 Å². The van der Waals surface area contributed by atoms with Crippen LogP contribution in [-0.4, -0.2) is 59.4 Å².